The van der Waals surface area contributed by atoms with Crippen LogP contribution in [0.1, 0.15) is 12.2 Å². The van der Waals surface area contributed by atoms with Gasteiger partial charge in [-0.15, -0.1) is 11.8 Å². The average molecular weight is 296 g/mol. The summed E-state index contributed by atoms with van der Waals surface area (Å²) in [6.45, 7) is 1.92. The number of thioether (sulfide) groups is 1. The molecule has 2 rings (SSSR count). The van der Waals surface area contributed by atoms with Crippen molar-refractivity contribution in [3.05, 3.63) is 53.4 Å². The highest BCUT2D eigenvalue weighted by molar-refractivity contribution is 7.99. The molecule has 19 heavy (non-hydrogen) atoms. The summed E-state index contributed by atoms with van der Waals surface area (Å²) < 4.78 is 5.33. The Morgan fingerprint density at radius 3 is 2.79 bits per heavy atom. The van der Waals surface area contributed by atoms with Crippen LogP contribution in [0, 0.1) is 0 Å². The molecule has 0 bridgehead atoms. The maximum atomic E-state index is 6.12. The van der Waals surface area contributed by atoms with Crippen LogP contribution in [0.25, 0.3) is 0 Å². The van der Waals surface area contributed by atoms with Gasteiger partial charge in [0.25, 0.3) is 0 Å². The second-order valence-corrected chi connectivity index (χ2v) is 5.99. The molecule has 0 N–H and O–H groups in total. The lowest BCUT2D eigenvalue weighted by Crippen LogP contribution is -2.19. The summed E-state index contributed by atoms with van der Waals surface area (Å²) in [5, 5.41) is 0.844. The van der Waals surface area contributed by atoms with Crippen LogP contribution in [0.5, 0.6) is 0 Å². The quantitative estimate of drug-likeness (QED) is 0.551. The zero-order chi connectivity index (χ0) is 13.5. The molecule has 0 aliphatic heterocycles. The molecule has 0 spiro atoms. The second-order valence-electron chi connectivity index (χ2n) is 4.45. The number of hydrogen-bond donors (Lipinski definition) is 0. The largest absolute Gasteiger partial charge is 0.468 e. The van der Waals surface area contributed by atoms with Crippen molar-refractivity contribution in [2.45, 2.75) is 17.9 Å². The lowest BCUT2D eigenvalue weighted by molar-refractivity contribution is 0.296. The molecular formula is C15H18ClNOS. The van der Waals surface area contributed by atoms with Gasteiger partial charge in [-0.2, -0.15) is 0 Å². The Kier molecular flexibility index (Phi) is 5.83. The van der Waals surface area contributed by atoms with Crippen LogP contribution in [0.2, 0.25) is 5.02 Å². The highest BCUT2D eigenvalue weighted by atomic mass is 35.5. The maximum Gasteiger partial charge on any atom is 0.117 e. The third-order valence-corrected chi connectivity index (χ3v) is 4.39. The van der Waals surface area contributed by atoms with Crippen molar-refractivity contribution in [3.63, 3.8) is 0 Å². The van der Waals surface area contributed by atoms with Crippen molar-refractivity contribution in [1.82, 2.24) is 4.90 Å². The van der Waals surface area contributed by atoms with Crippen LogP contribution in [-0.4, -0.2) is 24.2 Å². The predicted octanol–water partition coefficient (Wildman–Crippen LogP) is 4.55. The van der Waals surface area contributed by atoms with E-state index in [2.05, 4.69) is 18.0 Å². The molecule has 1 aromatic carbocycles. The summed E-state index contributed by atoms with van der Waals surface area (Å²) in [6, 6.07) is 11.9. The van der Waals surface area contributed by atoms with Gasteiger partial charge in [0.1, 0.15) is 5.76 Å². The van der Waals surface area contributed by atoms with Crippen LogP contribution < -0.4 is 0 Å². The van der Waals surface area contributed by atoms with Gasteiger partial charge in [-0.05, 0) is 50.0 Å². The fourth-order valence-electron chi connectivity index (χ4n) is 1.83. The minimum atomic E-state index is 0.844. The number of halogens is 1. The topological polar surface area (TPSA) is 16.4 Å². The van der Waals surface area contributed by atoms with Gasteiger partial charge in [0.05, 0.1) is 17.8 Å². The summed E-state index contributed by atoms with van der Waals surface area (Å²) in [5.74, 6) is 2.09. The number of benzene rings is 1. The van der Waals surface area contributed by atoms with Gasteiger partial charge in [0, 0.05) is 4.90 Å². The first-order valence-electron chi connectivity index (χ1n) is 6.34. The van der Waals surface area contributed by atoms with E-state index in [1.165, 1.54) is 0 Å². The van der Waals surface area contributed by atoms with Crippen molar-refractivity contribution in [1.29, 1.82) is 0 Å². The van der Waals surface area contributed by atoms with Crippen molar-refractivity contribution in [2.75, 3.05) is 19.3 Å². The third kappa shape index (κ3) is 4.94. The Morgan fingerprint density at radius 1 is 1.21 bits per heavy atom. The molecular weight excluding hydrogens is 278 g/mol. The van der Waals surface area contributed by atoms with E-state index in [1.807, 2.05) is 42.1 Å². The van der Waals surface area contributed by atoms with E-state index in [4.69, 9.17) is 16.0 Å². The van der Waals surface area contributed by atoms with Gasteiger partial charge in [-0.25, -0.2) is 0 Å². The molecule has 102 valence electrons. The van der Waals surface area contributed by atoms with Gasteiger partial charge in [-0.3, -0.25) is 4.90 Å². The average Bonchev–Trinajstić information content (AvgIpc) is 2.89. The fraction of sp³-hybridized carbons (Fsp3) is 0.333. The molecule has 4 heteroatoms. The number of hydrogen-bond acceptors (Lipinski definition) is 3. The van der Waals surface area contributed by atoms with Crippen molar-refractivity contribution < 1.29 is 4.42 Å². The predicted molar refractivity (Wildman–Crippen MR) is 81.8 cm³/mol. The van der Waals surface area contributed by atoms with Crippen LogP contribution >= 0.6 is 23.4 Å². The van der Waals surface area contributed by atoms with E-state index in [0.29, 0.717) is 0 Å². The smallest absolute Gasteiger partial charge is 0.117 e. The van der Waals surface area contributed by atoms with Crippen LogP contribution in [0.15, 0.2) is 52.0 Å². The first kappa shape index (κ1) is 14.5. The van der Waals surface area contributed by atoms with Gasteiger partial charge < -0.3 is 4.42 Å². The highest BCUT2D eigenvalue weighted by Gasteiger charge is 2.03. The monoisotopic (exact) mass is 295 g/mol. The van der Waals surface area contributed by atoms with E-state index in [0.717, 1.165) is 40.9 Å². The molecule has 0 saturated heterocycles. The highest BCUT2D eigenvalue weighted by Crippen LogP contribution is 2.26. The molecule has 0 atom stereocenters. The molecule has 0 fully saturated rings. The lowest BCUT2D eigenvalue weighted by atomic mass is 10.4. The minimum absolute atomic E-state index is 0.844. The van der Waals surface area contributed by atoms with Crippen molar-refractivity contribution in [2.24, 2.45) is 0 Å². The van der Waals surface area contributed by atoms with Gasteiger partial charge in [-0.1, -0.05) is 23.7 Å². The fourth-order valence-corrected chi connectivity index (χ4v) is 3.00. The van der Waals surface area contributed by atoms with E-state index in [1.54, 1.807) is 6.26 Å². The summed E-state index contributed by atoms with van der Waals surface area (Å²) in [4.78, 5) is 3.43. The molecule has 0 saturated carbocycles. The number of nitrogens with zero attached hydrogens (tertiary/aromatic N) is 1. The van der Waals surface area contributed by atoms with E-state index in [9.17, 15) is 0 Å². The Hall–Kier alpha value is -0.900. The zero-order valence-electron chi connectivity index (χ0n) is 11.0. The van der Waals surface area contributed by atoms with E-state index >= 15 is 0 Å². The van der Waals surface area contributed by atoms with Crippen molar-refractivity contribution in [3.8, 4) is 0 Å². The van der Waals surface area contributed by atoms with Crippen molar-refractivity contribution >= 4 is 23.4 Å². The molecule has 2 nitrogen and oxygen atoms in total. The Bertz CT molecular complexity index is 487. The minimum Gasteiger partial charge on any atom is -0.468 e. The Morgan fingerprint density at radius 2 is 2.05 bits per heavy atom. The van der Waals surface area contributed by atoms with Gasteiger partial charge in [0.15, 0.2) is 0 Å². The molecule has 0 amide bonds. The number of rotatable bonds is 7. The molecule has 0 radical (unpaired) electrons. The molecule has 1 heterocycles. The molecule has 1 aromatic heterocycles. The first-order chi connectivity index (χ1) is 9.25. The van der Waals surface area contributed by atoms with Crippen LogP contribution in [0.4, 0.5) is 0 Å². The van der Waals surface area contributed by atoms with Crippen LogP contribution in [0.3, 0.4) is 0 Å². The zero-order valence-corrected chi connectivity index (χ0v) is 12.6. The standard InChI is InChI=1S/C15H18ClNOS/c1-17(12-13-6-4-10-18-13)9-5-11-19-15-8-3-2-7-14(15)16/h2-4,6-8,10H,5,9,11-12H2,1H3. The summed E-state index contributed by atoms with van der Waals surface area (Å²) >= 11 is 7.93. The summed E-state index contributed by atoms with van der Waals surface area (Å²) in [7, 11) is 2.11. The second kappa shape index (κ2) is 7.63. The Labute approximate surface area is 123 Å². The molecule has 0 aliphatic rings. The molecule has 2 aromatic rings. The molecule has 0 aliphatic carbocycles. The first-order valence-corrected chi connectivity index (χ1v) is 7.70. The SMILES string of the molecule is CN(CCCSc1ccccc1Cl)Cc1ccco1. The third-order valence-electron chi connectivity index (χ3n) is 2.78. The Balaban J connectivity index is 1.65. The van der Waals surface area contributed by atoms with E-state index in [-0.39, 0.29) is 0 Å². The van der Waals surface area contributed by atoms with E-state index < -0.39 is 0 Å². The van der Waals surface area contributed by atoms with Gasteiger partial charge >= 0.3 is 0 Å². The number of furan rings is 1. The molecule has 0 unspecified atom stereocenters. The summed E-state index contributed by atoms with van der Waals surface area (Å²) in [6.07, 6.45) is 2.85. The summed E-state index contributed by atoms with van der Waals surface area (Å²) in [5.41, 5.74) is 0. The van der Waals surface area contributed by atoms with Gasteiger partial charge in [0.2, 0.25) is 0 Å². The normalized spacial score (nSPS) is 11.1. The lowest BCUT2D eigenvalue weighted by Gasteiger charge is -2.14. The van der Waals surface area contributed by atoms with Crippen LogP contribution in [-0.2, 0) is 6.54 Å². The maximum absolute atomic E-state index is 6.12.